The molecule has 0 saturated heterocycles. The molecular formula is C15H16ClNO2S. The summed E-state index contributed by atoms with van der Waals surface area (Å²) < 4.78 is 10.7. The molecule has 20 heavy (non-hydrogen) atoms. The quantitative estimate of drug-likeness (QED) is 0.914. The number of ether oxygens (including phenoxy) is 2. The van der Waals surface area contributed by atoms with Crippen molar-refractivity contribution in [1.29, 1.82) is 0 Å². The minimum absolute atomic E-state index is 0.247. The number of rotatable bonds is 4. The van der Waals surface area contributed by atoms with Crippen molar-refractivity contribution in [3.8, 4) is 11.5 Å². The van der Waals surface area contributed by atoms with Gasteiger partial charge in [-0.25, -0.2) is 0 Å². The van der Waals surface area contributed by atoms with E-state index in [0.29, 0.717) is 16.8 Å². The second kappa shape index (κ2) is 5.64. The molecular weight excluding hydrogens is 294 g/mol. The van der Waals surface area contributed by atoms with Gasteiger partial charge < -0.3 is 14.8 Å². The molecule has 106 valence electrons. The molecule has 1 aliphatic rings. The summed E-state index contributed by atoms with van der Waals surface area (Å²) in [6, 6.07) is 8.54. The zero-order chi connectivity index (χ0) is 14.1. The van der Waals surface area contributed by atoms with E-state index in [0.717, 1.165) is 17.9 Å². The van der Waals surface area contributed by atoms with E-state index in [1.807, 2.05) is 23.5 Å². The third-order valence-corrected chi connectivity index (χ3v) is 4.75. The number of hydrogen-bond acceptors (Lipinski definition) is 4. The van der Waals surface area contributed by atoms with E-state index in [2.05, 4.69) is 31.3 Å². The third kappa shape index (κ3) is 2.77. The van der Waals surface area contributed by atoms with Crippen LogP contribution in [-0.4, -0.2) is 6.79 Å². The van der Waals surface area contributed by atoms with Crippen LogP contribution in [0.2, 0.25) is 5.02 Å². The van der Waals surface area contributed by atoms with Gasteiger partial charge in [-0.2, -0.15) is 0 Å². The van der Waals surface area contributed by atoms with Crippen LogP contribution >= 0.6 is 22.9 Å². The summed E-state index contributed by atoms with van der Waals surface area (Å²) in [4.78, 5) is 2.68. The van der Waals surface area contributed by atoms with Crippen molar-refractivity contribution in [1.82, 2.24) is 5.32 Å². The standard InChI is InChI=1S/C15H16ClNO2S/c1-9-3-4-14(20-9)10(2)17-7-11-5-12(16)15-13(6-11)18-8-19-15/h3-6,10,17H,7-8H2,1-2H3. The van der Waals surface area contributed by atoms with E-state index in [1.54, 1.807) is 0 Å². The van der Waals surface area contributed by atoms with Crippen LogP contribution in [0.1, 0.15) is 28.3 Å². The molecule has 0 radical (unpaired) electrons. The molecule has 0 spiro atoms. The first kappa shape index (κ1) is 13.7. The van der Waals surface area contributed by atoms with Gasteiger partial charge in [-0.1, -0.05) is 11.6 Å². The highest BCUT2D eigenvalue weighted by Gasteiger charge is 2.18. The lowest BCUT2D eigenvalue weighted by Gasteiger charge is -2.13. The van der Waals surface area contributed by atoms with Crippen molar-refractivity contribution < 1.29 is 9.47 Å². The molecule has 2 aromatic rings. The zero-order valence-electron chi connectivity index (χ0n) is 11.4. The minimum Gasteiger partial charge on any atom is -0.454 e. The summed E-state index contributed by atoms with van der Waals surface area (Å²) in [6.45, 7) is 5.28. The van der Waals surface area contributed by atoms with E-state index in [-0.39, 0.29) is 6.79 Å². The molecule has 3 nitrogen and oxygen atoms in total. The fraction of sp³-hybridized carbons (Fsp3) is 0.333. The predicted octanol–water partition coefficient (Wildman–Crippen LogP) is 4.29. The summed E-state index contributed by atoms with van der Waals surface area (Å²) in [6.07, 6.45) is 0. The Balaban J connectivity index is 1.68. The maximum atomic E-state index is 6.18. The number of benzene rings is 1. The Kier molecular flexibility index (Phi) is 3.87. The first-order chi connectivity index (χ1) is 9.63. The predicted molar refractivity (Wildman–Crippen MR) is 81.9 cm³/mol. The number of aryl methyl sites for hydroxylation is 1. The van der Waals surface area contributed by atoms with Crippen LogP contribution in [0.15, 0.2) is 24.3 Å². The van der Waals surface area contributed by atoms with Crippen molar-refractivity contribution in [2.75, 3.05) is 6.79 Å². The summed E-state index contributed by atoms with van der Waals surface area (Å²) >= 11 is 8.00. The van der Waals surface area contributed by atoms with Gasteiger partial charge in [-0.3, -0.25) is 0 Å². The second-order valence-electron chi connectivity index (χ2n) is 4.86. The van der Waals surface area contributed by atoms with Gasteiger partial charge in [0.25, 0.3) is 0 Å². The Morgan fingerprint density at radius 2 is 2.20 bits per heavy atom. The third-order valence-electron chi connectivity index (χ3n) is 3.29. The van der Waals surface area contributed by atoms with Gasteiger partial charge in [-0.15, -0.1) is 11.3 Å². The van der Waals surface area contributed by atoms with Crippen LogP contribution in [-0.2, 0) is 6.54 Å². The number of thiophene rings is 1. The van der Waals surface area contributed by atoms with Gasteiger partial charge in [0.05, 0.1) is 5.02 Å². The maximum Gasteiger partial charge on any atom is 0.231 e. The van der Waals surface area contributed by atoms with Gasteiger partial charge in [-0.05, 0) is 43.7 Å². The first-order valence-corrected chi connectivity index (χ1v) is 7.70. The molecule has 1 atom stereocenters. The molecule has 1 N–H and O–H groups in total. The fourth-order valence-corrected chi connectivity index (χ4v) is 3.37. The largest absolute Gasteiger partial charge is 0.454 e. The van der Waals surface area contributed by atoms with Crippen molar-refractivity contribution in [3.05, 3.63) is 44.6 Å². The van der Waals surface area contributed by atoms with Crippen molar-refractivity contribution in [2.24, 2.45) is 0 Å². The molecule has 1 aromatic carbocycles. The van der Waals surface area contributed by atoms with E-state index >= 15 is 0 Å². The van der Waals surface area contributed by atoms with Gasteiger partial charge in [0, 0.05) is 22.3 Å². The van der Waals surface area contributed by atoms with Crippen LogP contribution in [0.5, 0.6) is 11.5 Å². The van der Waals surface area contributed by atoms with Crippen molar-refractivity contribution >= 4 is 22.9 Å². The summed E-state index contributed by atoms with van der Waals surface area (Å²) in [7, 11) is 0. The fourth-order valence-electron chi connectivity index (χ4n) is 2.18. The molecule has 0 fully saturated rings. The highest BCUT2D eigenvalue weighted by atomic mass is 35.5. The molecule has 0 saturated carbocycles. The molecule has 0 amide bonds. The van der Waals surface area contributed by atoms with E-state index < -0.39 is 0 Å². The van der Waals surface area contributed by atoms with Crippen LogP contribution in [0, 0.1) is 6.92 Å². The monoisotopic (exact) mass is 309 g/mol. The van der Waals surface area contributed by atoms with Gasteiger partial charge >= 0.3 is 0 Å². The Bertz CT molecular complexity index is 626. The molecule has 5 heteroatoms. The summed E-state index contributed by atoms with van der Waals surface area (Å²) in [5.41, 5.74) is 1.10. The van der Waals surface area contributed by atoms with Gasteiger partial charge in [0.1, 0.15) is 0 Å². The molecule has 1 aliphatic heterocycles. The SMILES string of the molecule is Cc1ccc(C(C)NCc2cc(Cl)c3c(c2)OCO3)s1. The maximum absolute atomic E-state index is 6.18. The molecule has 0 bridgehead atoms. The Morgan fingerprint density at radius 3 is 2.95 bits per heavy atom. The lowest BCUT2D eigenvalue weighted by molar-refractivity contribution is 0.174. The minimum atomic E-state index is 0.247. The number of halogens is 1. The number of hydrogen-bond donors (Lipinski definition) is 1. The first-order valence-electron chi connectivity index (χ1n) is 6.51. The smallest absolute Gasteiger partial charge is 0.231 e. The Hall–Kier alpha value is -1.23. The molecule has 3 rings (SSSR count). The van der Waals surface area contributed by atoms with E-state index in [9.17, 15) is 0 Å². The van der Waals surface area contributed by atoms with Crippen molar-refractivity contribution in [3.63, 3.8) is 0 Å². The average Bonchev–Trinajstić information content (AvgIpc) is 3.04. The normalized spacial score (nSPS) is 14.6. The molecule has 1 unspecified atom stereocenters. The number of nitrogens with one attached hydrogen (secondary N) is 1. The molecule has 0 aliphatic carbocycles. The van der Waals surface area contributed by atoms with Crippen LogP contribution in [0.25, 0.3) is 0 Å². The van der Waals surface area contributed by atoms with Crippen LogP contribution in [0.4, 0.5) is 0 Å². The van der Waals surface area contributed by atoms with Gasteiger partial charge in [0.15, 0.2) is 11.5 Å². The van der Waals surface area contributed by atoms with Gasteiger partial charge in [0.2, 0.25) is 6.79 Å². The second-order valence-corrected chi connectivity index (χ2v) is 6.59. The van der Waals surface area contributed by atoms with Crippen LogP contribution < -0.4 is 14.8 Å². The van der Waals surface area contributed by atoms with Crippen LogP contribution in [0.3, 0.4) is 0 Å². The molecule has 1 aromatic heterocycles. The Labute approximate surface area is 127 Å². The van der Waals surface area contributed by atoms with Crippen molar-refractivity contribution in [2.45, 2.75) is 26.4 Å². The highest BCUT2D eigenvalue weighted by molar-refractivity contribution is 7.12. The zero-order valence-corrected chi connectivity index (χ0v) is 13.0. The average molecular weight is 310 g/mol. The van der Waals surface area contributed by atoms with E-state index in [1.165, 1.54) is 9.75 Å². The van der Waals surface area contributed by atoms with E-state index in [4.69, 9.17) is 21.1 Å². The Morgan fingerprint density at radius 1 is 1.35 bits per heavy atom. The lowest BCUT2D eigenvalue weighted by Crippen LogP contribution is -2.17. The summed E-state index contributed by atoms with van der Waals surface area (Å²) in [5.74, 6) is 1.38. The molecule has 2 heterocycles. The lowest BCUT2D eigenvalue weighted by atomic mass is 10.2. The topological polar surface area (TPSA) is 30.5 Å². The highest BCUT2D eigenvalue weighted by Crippen LogP contribution is 2.39. The number of fused-ring (bicyclic) bond motifs is 1. The summed E-state index contributed by atoms with van der Waals surface area (Å²) in [5, 5.41) is 4.11.